The maximum atomic E-state index is 13.6. The van der Waals surface area contributed by atoms with Gasteiger partial charge in [-0.25, -0.2) is 8.78 Å². The molecule has 4 heteroatoms. The third-order valence-electron chi connectivity index (χ3n) is 4.01. The summed E-state index contributed by atoms with van der Waals surface area (Å²) in [7, 11) is 0. The van der Waals surface area contributed by atoms with Crippen molar-refractivity contribution in [3.05, 3.63) is 35.4 Å². The standard InChI is InChI=1S/C16H24F2N2/c1-13(15-7-6-14(17)12-16(15)18)19-8-11-20-9-4-2-3-5-10-20/h6-7,12-13,19H,2-5,8-11H2,1H3. The fourth-order valence-corrected chi connectivity index (χ4v) is 2.76. The zero-order chi connectivity index (χ0) is 14.4. The highest BCUT2D eigenvalue weighted by Gasteiger charge is 2.12. The average molecular weight is 282 g/mol. The normalized spacial score (nSPS) is 18.8. The first kappa shape index (κ1) is 15.4. The summed E-state index contributed by atoms with van der Waals surface area (Å²) in [5.74, 6) is -0.997. The van der Waals surface area contributed by atoms with Crippen molar-refractivity contribution in [3.8, 4) is 0 Å². The highest BCUT2D eigenvalue weighted by molar-refractivity contribution is 5.21. The van der Waals surface area contributed by atoms with Gasteiger partial charge in [0.05, 0.1) is 0 Å². The van der Waals surface area contributed by atoms with Crippen LogP contribution in [0, 0.1) is 11.6 Å². The molecule has 0 saturated carbocycles. The minimum atomic E-state index is -0.525. The molecule has 0 amide bonds. The maximum absolute atomic E-state index is 13.6. The Labute approximate surface area is 120 Å². The predicted octanol–water partition coefficient (Wildman–Crippen LogP) is 3.49. The first-order valence-electron chi connectivity index (χ1n) is 7.57. The number of hydrogen-bond acceptors (Lipinski definition) is 2. The summed E-state index contributed by atoms with van der Waals surface area (Å²) in [6.07, 6.45) is 5.23. The molecule has 2 nitrogen and oxygen atoms in total. The second kappa shape index (κ2) is 7.70. The van der Waals surface area contributed by atoms with E-state index in [1.807, 2.05) is 6.92 Å². The monoisotopic (exact) mass is 282 g/mol. The van der Waals surface area contributed by atoms with Crippen molar-refractivity contribution < 1.29 is 8.78 Å². The van der Waals surface area contributed by atoms with E-state index < -0.39 is 11.6 Å². The fraction of sp³-hybridized carbons (Fsp3) is 0.625. The highest BCUT2D eigenvalue weighted by atomic mass is 19.1. The van der Waals surface area contributed by atoms with Crippen LogP contribution in [0.15, 0.2) is 18.2 Å². The number of halogens is 2. The van der Waals surface area contributed by atoms with Crippen molar-refractivity contribution in [2.75, 3.05) is 26.2 Å². The molecule has 1 aliphatic heterocycles. The van der Waals surface area contributed by atoms with Crippen molar-refractivity contribution in [3.63, 3.8) is 0 Å². The third kappa shape index (κ3) is 4.53. The van der Waals surface area contributed by atoms with Gasteiger partial charge in [0.2, 0.25) is 0 Å². The molecule has 1 aliphatic rings. The second-order valence-corrected chi connectivity index (χ2v) is 5.60. The van der Waals surface area contributed by atoms with Crippen molar-refractivity contribution in [1.82, 2.24) is 10.2 Å². The summed E-state index contributed by atoms with van der Waals surface area (Å²) in [5.41, 5.74) is 0.530. The Bertz CT molecular complexity index is 415. The van der Waals surface area contributed by atoms with Crippen LogP contribution in [0.1, 0.15) is 44.2 Å². The molecule has 1 unspecified atom stereocenters. The van der Waals surface area contributed by atoms with E-state index in [0.29, 0.717) is 5.56 Å². The summed E-state index contributed by atoms with van der Waals surface area (Å²) < 4.78 is 26.5. The van der Waals surface area contributed by atoms with Gasteiger partial charge in [-0.15, -0.1) is 0 Å². The first-order valence-corrected chi connectivity index (χ1v) is 7.57. The minimum absolute atomic E-state index is 0.0948. The zero-order valence-corrected chi connectivity index (χ0v) is 12.2. The SMILES string of the molecule is CC(NCCN1CCCCCC1)c1ccc(F)cc1F. The quantitative estimate of drug-likeness (QED) is 0.889. The Hall–Kier alpha value is -1.00. The maximum Gasteiger partial charge on any atom is 0.130 e. The highest BCUT2D eigenvalue weighted by Crippen LogP contribution is 2.17. The largest absolute Gasteiger partial charge is 0.309 e. The van der Waals surface area contributed by atoms with Crippen LogP contribution in [0.3, 0.4) is 0 Å². The van der Waals surface area contributed by atoms with E-state index in [0.717, 1.165) is 19.2 Å². The van der Waals surface area contributed by atoms with E-state index in [9.17, 15) is 8.78 Å². The molecule has 0 spiro atoms. The van der Waals surface area contributed by atoms with E-state index in [1.54, 1.807) is 0 Å². The van der Waals surface area contributed by atoms with E-state index in [4.69, 9.17) is 0 Å². The van der Waals surface area contributed by atoms with Gasteiger partial charge in [0.15, 0.2) is 0 Å². The molecule has 112 valence electrons. The predicted molar refractivity (Wildman–Crippen MR) is 77.7 cm³/mol. The van der Waals surface area contributed by atoms with E-state index in [2.05, 4.69) is 10.2 Å². The van der Waals surface area contributed by atoms with E-state index in [-0.39, 0.29) is 6.04 Å². The molecule has 1 atom stereocenters. The van der Waals surface area contributed by atoms with Crippen LogP contribution in [-0.4, -0.2) is 31.1 Å². The lowest BCUT2D eigenvalue weighted by Crippen LogP contribution is -2.34. The number of hydrogen-bond donors (Lipinski definition) is 1. The van der Waals surface area contributed by atoms with Crippen molar-refractivity contribution in [1.29, 1.82) is 0 Å². The Morgan fingerprint density at radius 3 is 2.50 bits per heavy atom. The summed E-state index contributed by atoms with van der Waals surface area (Å²) in [4.78, 5) is 2.47. The minimum Gasteiger partial charge on any atom is -0.309 e. The van der Waals surface area contributed by atoms with Crippen LogP contribution in [0.5, 0.6) is 0 Å². The lowest BCUT2D eigenvalue weighted by atomic mass is 10.1. The van der Waals surface area contributed by atoms with E-state index in [1.165, 1.54) is 50.9 Å². The molecule has 2 rings (SSSR count). The Morgan fingerprint density at radius 1 is 1.15 bits per heavy atom. The molecule has 1 fully saturated rings. The molecule has 1 saturated heterocycles. The second-order valence-electron chi connectivity index (χ2n) is 5.60. The van der Waals surface area contributed by atoms with Crippen LogP contribution in [0.25, 0.3) is 0 Å². The van der Waals surface area contributed by atoms with Crippen LogP contribution in [0.4, 0.5) is 8.78 Å². The Kier molecular flexibility index (Phi) is 5.92. The average Bonchev–Trinajstić information content (AvgIpc) is 2.67. The Balaban J connectivity index is 1.78. The topological polar surface area (TPSA) is 15.3 Å². The van der Waals surface area contributed by atoms with Gasteiger partial charge >= 0.3 is 0 Å². The summed E-state index contributed by atoms with van der Waals surface area (Å²) in [6.45, 7) is 6.08. The van der Waals surface area contributed by atoms with Crippen LogP contribution in [0.2, 0.25) is 0 Å². The molecular weight excluding hydrogens is 258 g/mol. The lowest BCUT2D eigenvalue weighted by molar-refractivity contribution is 0.280. The van der Waals surface area contributed by atoms with E-state index >= 15 is 0 Å². The van der Waals surface area contributed by atoms with Gasteiger partial charge in [0.25, 0.3) is 0 Å². The lowest BCUT2D eigenvalue weighted by Gasteiger charge is -2.22. The summed E-state index contributed by atoms with van der Waals surface area (Å²) in [5, 5.41) is 3.32. The molecule has 1 aromatic rings. The molecule has 20 heavy (non-hydrogen) atoms. The van der Waals surface area contributed by atoms with Gasteiger partial charge in [0.1, 0.15) is 11.6 Å². The van der Waals surface area contributed by atoms with Gasteiger partial charge in [-0.3, -0.25) is 0 Å². The summed E-state index contributed by atoms with van der Waals surface area (Å²) in [6, 6.07) is 3.68. The molecular formula is C16H24F2N2. The van der Waals surface area contributed by atoms with Gasteiger partial charge in [-0.05, 0) is 38.9 Å². The third-order valence-corrected chi connectivity index (χ3v) is 4.01. The number of likely N-dealkylation sites (tertiary alicyclic amines) is 1. The molecule has 0 radical (unpaired) electrons. The van der Waals surface area contributed by atoms with Gasteiger partial charge in [-0.1, -0.05) is 18.9 Å². The molecule has 1 aromatic carbocycles. The molecule has 0 aromatic heterocycles. The first-order chi connectivity index (χ1) is 9.66. The van der Waals surface area contributed by atoms with Gasteiger partial charge in [-0.2, -0.15) is 0 Å². The Morgan fingerprint density at radius 2 is 1.85 bits per heavy atom. The molecule has 0 aliphatic carbocycles. The molecule has 0 bridgehead atoms. The van der Waals surface area contributed by atoms with Crippen LogP contribution < -0.4 is 5.32 Å². The molecule has 1 heterocycles. The van der Waals surface area contributed by atoms with Gasteiger partial charge in [0, 0.05) is 30.8 Å². The zero-order valence-electron chi connectivity index (χ0n) is 12.2. The fourth-order valence-electron chi connectivity index (χ4n) is 2.76. The molecule has 1 N–H and O–H groups in total. The van der Waals surface area contributed by atoms with Gasteiger partial charge < -0.3 is 10.2 Å². The van der Waals surface area contributed by atoms with Crippen LogP contribution >= 0.6 is 0 Å². The van der Waals surface area contributed by atoms with Crippen molar-refractivity contribution in [2.45, 2.75) is 38.6 Å². The van der Waals surface area contributed by atoms with Crippen molar-refractivity contribution in [2.24, 2.45) is 0 Å². The summed E-state index contributed by atoms with van der Waals surface area (Å²) >= 11 is 0. The number of benzene rings is 1. The smallest absolute Gasteiger partial charge is 0.130 e. The van der Waals surface area contributed by atoms with Crippen molar-refractivity contribution >= 4 is 0 Å². The van der Waals surface area contributed by atoms with Crippen LogP contribution in [-0.2, 0) is 0 Å². The number of nitrogens with zero attached hydrogens (tertiary/aromatic N) is 1. The number of nitrogens with one attached hydrogen (secondary N) is 1. The number of rotatable bonds is 5.